The van der Waals surface area contributed by atoms with Crippen molar-refractivity contribution in [2.24, 2.45) is 15.4 Å². The van der Waals surface area contributed by atoms with Crippen LogP contribution in [0.1, 0.15) is 0 Å². The summed E-state index contributed by atoms with van der Waals surface area (Å²) in [6, 6.07) is 0. The molecule has 0 aromatic heterocycles. The standard InChI is InChI=1S/C7H13N5/c1-11(2)7(12(3)4)6-5-8-10-9-6/h5H,1-4H3. The Balaban J connectivity index is 2.99. The maximum atomic E-state index is 3.88. The molecule has 1 aliphatic heterocycles. The summed E-state index contributed by atoms with van der Waals surface area (Å²) in [5.41, 5.74) is 0.796. The highest BCUT2D eigenvalue weighted by atomic mass is 15.4. The average molecular weight is 167 g/mol. The van der Waals surface area contributed by atoms with Gasteiger partial charge in [0.2, 0.25) is 0 Å². The summed E-state index contributed by atoms with van der Waals surface area (Å²) in [7, 11) is 7.85. The van der Waals surface area contributed by atoms with Crippen LogP contribution in [0.2, 0.25) is 0 Å². The van der Waals surface area contributed by atoms with Gasteiger partial charge in [-0.05, 0) is 5.22 Å². The Morgan fingerprint density at radius 2 is 1.75 bits per heavy atom. The van der Waals surface area contributed by atoms with Crippen molar-refractivity contribution < 1.29 is 0 Å². The number of hydrogen-bond donors (Lipinski definition) is 0. The molecule has 1 aliphatic rings. The highest BCUT2D eigenvalue weighted by Gasteiger charge is 2.11. The van der Waals surface area contributed by atoms with Gasteiger partial charge in [0, 0.05) is 28.2 Å². The summed E-state index contributed by atoms with van der Waals surface area (Å²) in [4.78, 5) is 3.96. The molecule has 66 valence electrons. The second kappa shape index (κ2) is 3.34. The number of allylic oxidation sites excluding steroid dienone is 1. The summed E-state index contributed by atoms with van der Waals surface area (Å²) in [6.07, 6.45) is 1.65. The third kappa shape index (κ3) is 1.61. The minimum atomic E-state index is 0.796. The topological polar surface area (TPSA) is 43.6 Å². The van der Waals surface area contributed by atoms with E-state index in [2.05, 4.69) is 15.4 Å². The lowest BCUT2D eigenvalue weighted by Gasteiger charge is -2.24. The second-order valence-corrected chi connectivity index (χ2v) is 2.93. The van der Waals surface area contributed by atoms with Crippen molar-refractivity contribution in [3.05, 3.63) is 11.5 Å². The van der Waals surface area contributed by atoms with Crippen LogP contribution in [0.25, 0.3) is 0 Å². The largest absolute Gasteiger partial charge is 0.363 e. The lowest BCUT2D eigenvalue weighted by molar-refractivity contribution is 0.338. The van der Waals surface area contributed by atoms with Crippen molar-refractivity contribution in [3.63, 3.8) is 0 Å². The van der Waals surface area contributed by atoms with Crippen LogP contribution in [0.3, 0.4) is 0 Å². The van der Waals surface area contributed by atoms with Crippen molar-refractivity contribution in [2.45, 2.75) is 0 Å². The van der Waals surface area contributed by atoms with Gasteiger partial charge >= 0.3 is 0 Å². The molecule has 0 unspecified atom stereocenters. The summed E-state index contributed by atoms with van der Waals surface area (Å²) in [5.74, 6) is 1.00. The van der Waals surface area contributed by atoms with E-state index in [-0.39, 0.29) is 0 Å². The first-order valence-corrected chi connectivity index (χ1v) is 3.66. The molecular formula is C7H13N5. The van der Waals surface area contributed by atoms with Gasteiger partial charge in [0.15, 0.2) is 0 Å². The summed E-state index contributed by atoms with van der Waals surface area (Å²) in [5, 5.41) is 11.1. The van der Waals surface area contributed by atoms with Crippen molar-refractivity contribution in [3.8, 4) is 0 Å². The molecule has 0 N–H and O–H groups in total. The maximum absolute atomic E-state index is 3.88. The van der Waals surface area contributed by atoms with Gasteiger partial charge in [0.1, 0.15) is 11.5 Å². The highest BCUT2D eigenvalue weighted by Crippen LogP contribution is 2.13. The van der Waals surface area contributed by atoms with E-state index in [0.29, 0.717) is 0 Å². The van der Waals surface area contributed by atoms with Crippen LogP contribution in [-0.2, 0) is 0 Å². The van der Waals surface area contributed by atoms with Crippen molar-refractivity contribution >= 4 is 6.21 Å². The Hall–Kier alpha value is -1.39. The van der Waals surface area contributed by atoms with E-state index in [1.807, 2.05) is 38.0 Å². The first kappa shape index (κ1) is 8.70. The van der Waals surface area contributed by atoms with Gasteiger partial charge in [-0.1, -0.05) is 0 Å². The quantitative estimate of drug-likeness (QED) is 0.608. The molecular weight excluding hydrogens is 154 g/mol. The molecule has 0 aliphatic carbocycles. The van der Waals surface area contributed by atoms with E-state index in [1.165, 1.54) is 0 Å². The molecule has 0 radical (unpaired) electrons. The Labute approximate surface area is 72.1 Å². The molecule has 0 atom stereocenters. The van der Waals surface area contributed by atoms with E-state index in [1.54, 1.807) is 6.21 Å². The Morgan fingerprint density at radius 1 is 1.17 bits per heavy atom. The lowest BCUT2D eigenvalue weighted by atomic mass is 10.4. The minimum Gasteiger partial charge on any atom is -0.363 e. The molecule has 0 aromatic carbocycles. The third-order valence-corrected chi connectivity index (χ3v) is 1.46. The van der Waals surface area contributed by atoms with Gasteiger partial charge in [-0.15, -0.1) is 10.2 Å². The van der Waals surface area contributed by atoms with Gasteiger partial charge < -0.3 is 9.80 Å². The smallest absolute Gasteiger partial charge is 0.148 e. The molecule has 0 fully saturated rings. The molecule has 0 bridgehead atoms. The van der Waals surface area contributed by atoms with E-state index in [4.69, 9.17) is 0 Å². The normalized spacial score (nSPS) is 13.8. The molecule has 1 rings (SSSR count). The van der Waals surface area contributed by atoms with Crippen LogP contribution in [0.15, 0.2) is 27.0 Å². The van der Waals surface area contributed by atoms with Gasteiger partial charge in [0.05, 0.1) is 6.21 Å². The van der Waals surface area contributed by atoms with E-state index in [9.17, 15) is 0 Å². The fourth-order valence-corrected chi connectivity index (χ4v) is 1.14. The van der Waals surface area contributed by atoms with Crippen molar-refractivity contribution in [1.29, 1.82) is 0 Å². The van der Waals surface area contributed by atoms with Crippen LogP contribution in [0.5, 0.6) is 0 Å². The van der Waals surface area contributed by atoms with E-state index < -0.39 is 0 Å². The predicted octanol–water partition coefficient (Wildman–Crippen LogP) is 0.730. The van der Waals surface area contributed by atoms with Crippen molar-refractivity contribution in [1.82, 2.24) is 9.80 Å². The van der Waals surface area contributed by atoms with E-state index in [0.717, 1.165) is 11.5 Å². The highest BCUT2D eigenvalue weighted by molar-refractivity contribution is 5.79. The Morgan fingerprint density at radius 3 is 2.08 bits per heavy atom. The molecule has 5 nitrogen and oxygen atoms in total. The van der Waals surface area contributed by atoms with Gasteiger partial charge in [-0.2, -0.15) is 0 Å². The lowest BCUT2D eigenvalue weighted by Crippen LogP contribution is -2.26. The molecule has 1 heterocycles. The molecule has 0 spiro atoms. The molecule has 12 heavy (non-hydrogen) atoms. The van der Waals surface area contributed by atoms with Gasteiger partial charge in [-0.3, -0.25) is 0 Å². The predicted molar refractivity (Wildman–Crippen MR) is 47.7 cm³/mol. The Bertz CT molecular complexity index is 225. The number of hydrogen-bond acceptors (Lipinski definition) is 5. The van der Waals surface area contributed by atoms with Crippen LogP contribution in [-0.4, -0.2) is 44.2 Å². The van der Waals surface area contributed by atoms with E-state index >= 15 is 0 Å². The van der Waals surface area contributed by atoms with Crippen LogP contribution in [0, 0.1) is 0 Å². The van der Waals surface area contributed by atoms with Crippen molar-refractivity contribution in [2.75, 3.05) is 28.2 Å². The molecule has 0 saturated carbocycles. The molecule has 0 aromatic rings. The third-order valence-electron chi connectivity index (χ3n) is 1.46. The van der Waals surface area contributed by atoms with Gasteiger partial charge in [0.25, 0.3) is 0 Å². The fourth-order valence-electron chi connectivity index (χ4n) is 1.14. The zero-order valence-corrected chi connectivity index (χ0v) is 7.81. The van der Waals surface area contributed by atoms with Gasteiger partial charge in [-0.25, -0.2) is 0 Å². The minimum absolute atomic E-state index is 0.796. The SMILES string of the molecule is CN(C)C(=C1C=NN=N1)N(C)C. The first-order valence-electron chi connectivity index (χ1n) is 3.66. The van der Waals surface area contributed by atoms with Crippen LogP contribution < -0.4 is 0 Å². The summed E-state index contributed by atoms with van der Waals surface area (Å²) in [6.45, 7) is 0. The number of nitrogens with zero attached hydrogens (tertiary/aromatic N) is 5. The molecule has 0 saturated heterocycles. The average Bonchev–Trinajstić information content (AvgIpc) is 2.37. The second-order valence-electron chi connectivity index (χ2n) is 2.93. The zero-order chi connectivity index (χ0) is 9.14. The Kier molecular flexibility index (Phi) is 2.42. The summed E-state index contributed by atoms with van der Waals surface area (Å²) < 4.78 is 0. The fraction of sp³-hybridized carbons (Fsp3) is 0.571. The van der Waals surface area contributed by atoms with Crippen LogP contribution >= 0.6 is 0 Å². The molecule has 0 amide bonds. The zero-order valence-electron chi connectivity index (χ0n) is 7.81. The monoisotopic (exact) mass is 167 g/mol. The molecule has 5 heteroatoms. The van der Waals surface area contributed by atoms with Crippen LogP contribution in [0.4, 0.5) is 0 Å². The first-order chi connectivity index (χ1) is 5.63. The summed E-state index contributed by atoms with van der Waals surface area (Å²) >= 11 is 0. The number of rotatable bonds is 2. The maximum Gasteiger partial charge on any atom is 0.148 e.